The van der Waals surface area contributed by atoms with Gasteiger partial charge in [0.25, 0.3) is 0 Å². The number of anilines is 1. The van der Waals surface area contributed by atoms with Gasteiger partial charge in [0.1, 0.15) is 5.82 Å². The van der Waals surface area contributed by atoms with Crippen molar-refractivity contribution in [1.82, 2.24) is 10.3 Å². The summed E-state index contributed by atoms with van der Waals surface area (Å²) in [4.78, 5) is 6.40. The Labute approximate surface area is 131 Å². The van der Waals surface area contributed by atoms with Crippen LogP contribution in [0.4, 0.5) is 5.82 Å². The molecule has 0 radical (unpaired) electrons. The van der Waals surface area contributed by atoms with Crippen LogP contribution in [0.25, 0.3) is 0 Å². The van der Waals surface area contributed by atoms with Gasteiger partial charge in [0, 0.05) is 25.8 Å². The van der Waals surface area contributed by atoms with Gasteiger partial charge in [0.15, 0.2) is 9.84 Å². The van der Waals surface area contributed by atoms with Gasteiger partial charge in [-0.05, 0) is 31.0 Å². The van der Waals surface area contributed by atoms with E-state index in [2.05, 4.69) is 17.2 Å². The molecule has 2 rings (SSSR count). The Morgan fingerprint density at radius 2 is 2.19 bits per heavy atom. The minimum atomic E-state index is -2.92. The van der Waals surface area contributed by atoms with E-state index in [1.54, 1.807) is 0 Å². The minimum Gasteiger partial charge on any atom is -0.354 e. The van der Waals surface area contributed by atoms with Gasteiger partial charge in [-0.1, -0.05) is 18.5 Å². The molecule has 0 spiro atoms. The zero-order valence-corrected chi connectivity index (χ0v) is 13.9. The second-order valence-corrected chi connectivity index (χ2v) is 8.03. The molecule has 5 nitrogen and oxygen atoms in total. The van der Waals surface area contributed by atoms with E-state index in [4.69, 9.17) is 11.6 Å². The van der Waals surface area contributed by atoms with Crippen molar-refractivity contribution in [2.75, 3.05) is 36.0 Å². The number of sulfone groups is 1. The van der Waals surface area contributed by atoms with Crippen LogP contribution in [-0.2, 0) is 16.4 Å². The fourth-order valence-electron chi connectivity index (χ4n) is 2.36. The Kier molecular flexibility index (Phi) is 5.84. The molecule has 7 heteroatoms. The predicted molar refractivity (Wildman–Crippen MR) is 86.7 cm³/mol. The summed E-state index contributed by atoms with van der Waals surface area (Å²) in [5.41, 5.74) is 1.04. The number of hydrogen-bond acceptors (Lipinski definition) is 5. The zero-order chi connectivity index (χ0) is 15.3. The third-order valence-electron chi connectivity index (χ3n) is 3.49. The summed E-state index contributed by atoms with van der Waals surface area (Å²) in [6.07, 6.45) is 3.52. The van der Waals surface area contributed by atoms with Crippen LogP contribution in [0, 0.1) is 0 Å². The molecule has 0 unspecified atom stereocenters. The van der Waals surface area contributed by atoms with Crippen molar-refractivity contribution in [2.45, 2.75) is 26.3 Å². The number of nitrogens with zero attached hydrogens (tertiary/aromatic N) is 2. The van der Waals surface area contributed by atoms with Crippen LogP contribution >= 0.6 is 11.6 Å². The lowest BCUT2D eigenvalue weighted by Crippen LogP contribution is -2.28. The molecule has 0 aromatic carbocycles. The first kappa shape index (κ1) is 16.5. The third kappa shape index (κ3) is 4.83. The second kappa shape index (κ2) is 7.42. The third-order valence-corrected chi connectivity index (χ3v) is 5.48. The van der Waals surface area contributed by atoms with E-state index in [1.807, 2.05) is 17.2 Å². The van der Waals surface area contributed by atoms with E-state index in [1.165, 1.54) is 0 Å². The quantitative estimate of drug-likeness (QED) is 0.834. The number of aromatic nitrogens is 1. The summed E-state index contributed by atoms with van der Waals surface area (Å²) >= 11 is 6.32. The van der Waals surface area contributed by atoms with E-state index in [9.17, 15) is 8.42 Å². The highest BCUT2D eigenvalue weighted by Crippen LogP contribution is 2.25. The molecule has 118 valence electrons. The summed E-state index contributed by atoms with van der Waals surface area (Å²) in [5, 5.41) is 3.89. The fraction of sp³-hybridized carbons (Fsp3) is 0.643. The maximum Gasteiger partial charge on any atom is 0.152 e. The Balaban J connectivity index is 2.06. The number of halogens is 1. The highest BCUT2D eigenvalue weighted by Gasteiger charge is 2.21. The molecule has 0 saturated carbocycles. The van der Waals surface area contributed by atoms with Crippen molar-refractivity contribution in [3.63, 3.8) is 0 Å². The Morgan fingerprint density at radius 3 is 2.90 bits per heavy atom. The minimum absolute atomic E-state index is 0.171. The SMILES string of the molecule is CCCNCc1cnc(N2CCCS(=O)(=O)CC2)c(Cl)c1. The zero-order valence-electron chi connectivity index (χ0n) is 12.3. The van der Waals surface area contributed by atoms with Gasteiger partial charge < -0.3 is 10.2 Å². The molecule has 2 heterocycles. The topological polar surface area (TPSA) is 62.3 Å². The predicted octanol–water partition coefficient (Wildman–Crippen LogP) is 1.86. The fourth-order valence-corrected chi connectivity index (χ4v) is 3.94. The lowest BCUT2D eigenvalue weighted by molar-refractivity contribution is 0.597. The van der Waals surface area contributed by atoms with Gasteiger partial charge >= 0.3 is 0 Å². The van der Waals surface area contributed by atoms with Crippen molar-refractivity contribution in [3.05, 3.63) is 22.8 Å². The Morgan fingerprint density at radius 1 is 1.38 bits per heavy atom. The van der Waals surface area contributed by atoms with Crippen molar-refractivity contribution in [1.29, 1.82) is 0 Å². The van der Waals surface area contributed by atoms with Gasteiger partial charge in [0.2, 0.25) is 0 Å². The van der Waals surface area contributed by atoms with Gasteiger partial charge in [-0.15, -0.1) is 0 Å². The summed E-state index contributed by atoms with van der Waals surface area (Å²) in [6.45, 7) is 4.97. The molecule has 1 fully saturated rings. The summed E-state index contributed by atoms with van der Waals surface area (Å²) in [5.74, 6) is 1.11. The summed E-state index contributed by atoms with van der Waals surface area (Å²) in [6, 6.07) is 1.91. The van der Waals surface area contributed by atoms with Crippen LogP contribution in [0.3, 0.4) is 0 Å². The van der Waals surface area contributed by atoms with Crippen molar-refractivity contribution in [3.8, 4) is 0 Å². The van der Waals surface area contributed by atoms with Gasteiger partial charge in [-0.2, -0.15) is 0 Å². The second-order valence-electron chi connectivity index (χ2n) is 5.32. The van der Waals surface area contributed by atoms with Gasteiger partial charge in [-0.25, -0.2) is 13.4 Å². The first-order chi connectivity index (χ1) is 10.0. The molecule has 1 aliphatic heterocycles. The number of hydrogen-bond donors (Lipinski definition) is 1. The summed E-state index contributed by atoms with van der Waals surface area (Å²) in [7, 11) is -2.92. The molecule has 1 saturated heterocycles. The lowest BCUT2D eigenvalue weighted by Gasteiger charge is -2.22. The molecule has 1 aliphatic rings. The molecule has 1 N–H and O–H groups in total. The summed E-state index contributed by atoms with van der Waals surface area (Å²) < 4.78 is 23.3. The van der Waals surface area contributed by atoms with E-state index in [-0.39, 0.29) is 11.5 Å². The average molecular weight is 332 g/mol. The average Bonchev–Trinajstić information content (AvgIpc) is 2.60. The standard InChI is InChI=1S/C14H22ClN3O2S/c1-2-4-16-10-12-9-13(15)14(17-11-12)18-5-3-7-21(19,20)8-6-18/h9,11,16H,2-8,10H2,1H3. The first-order valence-electron chi connectivity index (χ1n) is 7.32. The molecular weight excluding hydrogens is 310 g/mol. The van der Waals surface area contributed by atoms with E-state index < -0.39 is 9.84 Å². The van der Waals surface area contributed by atoms with Crippen molar-refractivity contribution < 1.29 is 8.42 Å². The van der Waals surface area contributed by atoms with E-state index in [0.29, 0.717) is 30.4 Å². The highest BCUT2D eigenvalue weighted by atomic mass is 35.5. The number of nitrogens with one attached hydrogen (secondary N) is 1. The number of rotatable bonds is 5. The molecule has 0 atom stereocenters. The van der Waals surface area contributed by atoms with E-state index >= 15 is 0 Å². The van der Waals surface area contributed by atoms with Crippen LogP contribution in [0.15, 0.2) is 12.3 Å². The molecule has 21 heavy (non-hydrogen) atoms. The molecule has 0 bridgehead atoms. The largest absolute Gasteiger partial charge is 0.354 e. The van der Waals surface area contributed by atoms with Gasteiger partial charge in [-0.3, -0.25) is 0 Å². The van der Waals surface area contributed by atoms with Crippen molar-refractivity contribution >= 4 is 27.3 Å². The van der Waals surface area contributed by atoms with Gasteiger partial charge in [0.05, 0.1) is 16.5 Å². The van der Waals surface area contributed by atoms with Crippen molar-refractivity contribution in [2.24, 2.45) is 0 Å². The maximum atomic E-state index is 11.6. The van der Waals surface area contributed by atoms with Crippen LogP contribution < -0.4 is 10.2 Å². The van der Waals surface area contributed by atoms with Crippen LogP contribution in [-0.4, -0.2) is 44.5 Å². The molecular formula is C14H22ClN3O2S. The Hall–Kier alpha value is -0.850. The monoisotopic (exact) mass is 331 g/mol. The van der Waals surface area contributed by atoms with Crippen LogP contribution in [0.1, 0.15) is 25.3 Å². The first-order valence-corrected chi connectivity index (χ1v) is 9.52. The normalized spacial score (nSPS) is 18.5. The van der Waals surface area contributed by atoms with Crippen LogP contribution in [0.2, 0.25) is 5.02 Å². The molecule has 1 aromatic heterocycles. The lowest BCUT2D eigenvalue weighted by atomic mass is 10.2. The number of pyridine rings is 1. The highest BCUT2D eigenvalue weighted by molar-refractivity contribution is 7.91. The van der Waals surface area contributed by atoms with E-state index in [0.717, 1.165) is 25.1 Å². The smallest absolute Gasteiger partial charge is 0.152 e. The molecule has 1 aromatic rings. The van der Waals surface area contributed by atoms with Crippen LogP contribution in [0.5, 0.6) is 0 Å². The maximum absolute atomic E-state index is 11.6. The molecule has 0 aliphatic carbocycles. The Bertz CT molecular complexity index is 578. The molecule has 0 amide bonds.